The number of pyridine rings is 1. The lowest BCUT2D eigenvalue weighted by Gasteiger charge is -2.07. The molecule has 0 aliphatic rings. The lowest BCUT2D eigenvalue weighted by Crippen LogP contribution is -2.27. The van der Waals surface area contributed by atoms with Crippen LogP contribution in [0, 0.1) is 5.82 Å². The van der Waals surface area contributed by atoms with E-state index in [1.54, 1.807) is 24.4 Å². The molecule has 0 fully saturated rings. The zero-order chi connectivity index (χ0) is 20.2. The van der Waals surface area contributed by atoms with E-state index in [9.17, 15) is 14.0 Å². The first-order valence-corrected chi connectivity index (χ1v) is 8.97. The van der Waals surface area contributed by atoms with Gasteiger partial charge >= 0.3 is 0 Å². The molecule has 3 aromatic heterocycles. The van der Waals surface area contributed by atoms with E-state index in [1.165, 1.54) is 33.9 Å². The Kier molecular flexibility index (Phi) is 5.10. The van der Waals surface area contributed by atoms with Crippen molar-refractivity contribution in [2.45, 2.75) is 19.5 Å². The number of benzene rings is 1. The first-order chi connectivity index (χ1) is 14.1. The summed E-state index contributed by atoms with van der Waals surface area (Å²) in [7, 11) is 0. The molecule has 146 valence electrons. The molecule has 0 unspecified atom stereocenters. The predicted octanol–water partition coefficient (Wildman–Crippen LogP) is 1.82. The van der Waals surface area contributed by atoms with Gasteiger partial charge in [-0.05, 0) is 36.4 Å². The summed E-state index contributed by atoms with van der Waals surface area (Å²) in [6, 6.07) is 11.2. The Labute approximate surface area is 164 Å². The van der Waals surface area contributed by atoms with Gasteiger partial charge in [0.2, 0.25) is 5.91 Å². The van der Waals surface area contributed by atoms with Crippen molar-refractivity contribution in [1.82, 2.24) is 29.6 Å². The highest BCUT2D eigenvalue weighted by atomic mass is 19.1. The van der Waals surface area contributed by atoms with Crippen LogP contribution >= 0.6 is 0 Å². The van der Waals surface area contributed by atoms with Crippen LogP contribution in [0.5, 0.6) is 0 Å². The fourth-order valence-electron chi connectivity index (χ4n) is 2.88. The molecule has 0 saturated heterocycles. The molecule has 0 atom stereocenters. The molecule has 0 spiro atoms. The maximum absolute atomic E-state index is 13.1. The van der Waals surface area contributed by atoms with Crippen molar-refractivity contribution in [3.05, 3.63) is 83.1 Å². The molecule has 4 rings (SSSR count). The third kappa shape index (κ3) is 4.03. The topological polar surface area (TPSA) is 94.7 Å². The Morgan fingerprint density at radius 3 is 2.69 bits per heavy atom. The molecule has 0 radical (unpaired) electrons. The maximum Gasteiger partial charge on any atom is 0.264 e. The summed E-state index contributed by atoms with van der Waals surface area (Å²) in [6.07, 6.45) is 4.60. The number of halogens is 1. The molecular formula is C20H17FN6O2. The standard InChI is InChI=1S/C20H17FN6O2/c21-14-4-6-16(7-5-14)27-19-17(12-25-27)20(29)26(13-24-19)10-8-18(28)23-11-15-3-1-2-9-22-15/h1-7,9,12-13H,8,10-11H2,(H,23,28). The molecule has 8 nitrogen and oxygen atoms in total. The fourth-order valence-corrected chi connectivity index (χ4v) is 2.88. The molecular weight excluding hydrogens is 375 g/mol. The van der Waals surface area contributed by atoms with Crippen LogP contribution in [0.3, 0.4) is 0 Å². The summed E-state index contributed by atoms with van der Waals surface area (Å²) < 4.78 is 16.0. The number of amides is 1. The Bertz CT molecular complexity index is 1200. The summed E-state index contributed by atoms with van der Waals surface area (Å²) in [5.41, 5.74) is 1.44. The smallest absolute Gasteiger partial charge is 0.264 e. The largest absolute Gasteiger partial charge is 0.350 e. The van der Waals surface area contributed by atoms with Crippen molar-refractivity contribution < 1.29 is 9.18 Å². The van der Waals surface area contributed by atoms with Crippen LogP contribution in [-0.2, 0) is 17.9 Å². The second-order valence-electron chi connectivity index (χ2n) is 6.36. The monoisotopic (exact) mass is 392 g/mol. The molecule has 9 heteroatoms. The van der Waals surface area contributed by atoms with E-state index in [0.717, 1.165) is 5.69 Å². The van der Waals surface area contributed by atoms with Crippen molar-refractivity contribution in [3.8, 4) is 5.69 Å². The van der Waals surface area contributed by atoms with Gasteiger partial charge in [0.25, 0.3) is 5.56 Å². The van der Waals surface area contributed by atoms with E-state index < -0.39 is 0 Å². The van der Waals surface area contributed by atoms with Gasteiger partial charge in [-0.15, -0.1) is 0 Å². The number of nitrogens with one attached hydrogen (secondary N) is 1. The predicted molar refractivity (Wildman–Crippen MR) is 104 cm³/mol. The van der Waals surface area contributed by atoms with Crippen LogP contribution in [0.2, 0.25) is 0 Å². The van der Waals surface area contributed by atoms with Gasteiger partial charge in [-0.1, -0.05) is 6.07 Å². The molecule has 1 aromatic carbocycles. The number of nitrogens with zero attached hydrogens (tertiary/aromatic N) is 5. The number of carbonyl (C=O) groups is 1. The summed E-state index contributed by atoms with van der Waals surface area (Å²) in [6.45, 7) is 0.522. The highest BCUT2D eigenvalue weighted by molar-refractivity contribution is 5.76. The van der Waals surface area contributed by atoms with Crippen LogP contribution in [0.1, 0.15) is 12.1 Å². The number of hydrogen-bond donors (Lipinski definition) is 1. The average molecular weight is 392 g/mol. The number of rotatable bonds is 6. The van der Waals surface area contributed by atoms with Crippen molar-refractivity contribution in [2.75, 3.05) is 0 Å². The maximum atomic E-state index is 13.1. The molecule has 3 heterocycles. The third-order valence-electron chi connectivity index (χ3n) is 4.40. The van der Waals surface area contributed by atoms with Crippen molar-refractivity contribution in [1.29, 1.82) is 0 Å². The first-order valence-electron chi connectivity index (χ1n) is 8.97. The highest BCUT2D eigenvalue weighted by Crippen LogP contribution is 2.14. The normalized spacial score (nSPS) is 10.9. The number of hydrogen-bond acceptors (Lipinski definition) is 5. The molecule has 0 bridgehead atoms. The Hall–Kier alpha value is -3.88. The van der Waals surface area contributed by atoms with Gasteiger partial charge in [0.15, 0.2) is 5.65 Å². The second kappa shape index (κ2) is 8.01. The molecule has 1 N–H and O–H groups in total. The zero-order valence-electron chi connectivity index (χ0n) is 15.3. The lowest BCUT2D eigenvalue weighted by atomic mass is 10.3. The lowest BCUT2D eigenvalue weighted by molar-refractivity contribution is -0.121. The van der Waals surface area contributed by atoms with Crippen LogP contribution in [-0.4, -0.2) is 30.2 Å². The average Bonchev–Trinajstić information content (AvgIpc) is 3.18. The minimum atomic E-state index is -0.359. The molecule has 0 aliphatic heterocycles. The van der Waals surface area contributed by atoms with Crippen molar-refractivity contribution in [3.63, 3.8) is 0 Å². The molecule has 29 heavy (non-hydrogen) atoms. The van der Waals surface area contributed by atoms with E-state index in [-0.39, 0.29) is 30.2 Å². The summed E-state index contributed by atoms with van der Waals surface area (Å²) in [5.74, 6) is -0.550. The van der Waals surface area contributed by atoms with E-state index in [1.807, 2.05) is 12.1 Å². The van der Waals surface area contributed by atoms with Crippen LogP contribution < -0.4 is 10.9 Å². The summed E-state index contributed by atoms with van der Waals surface area (Å²) in [5, 5.41) is 7.28. The van der Waals surface area contributed by atoms with Gasteiger partial charge in [-0.2, -0.15) is 5.10 Å². The van der Waals surface area contributed by atoms with E-state index in [2.05, 4.69) is 20.4 Å². The quantitative estimate of drug-likeness (QED) is 0.540. The number of carbonyl (C=O) groups excluding carboxylic acids is 1. The number of fused-ring (bicyclic) bond motifs is 1. The van der Waals surface area contributed by atoms with Crippen LogP contribution in [0.15, 0.2) is 66.0 Å². The Morgan fingerprint density at radius 2 is 1.93 bits per heavy atom. The molecule has 1 amide bonds. The van der Waals surface area contributed by atoms with E-state index in [4.69, 9.17) is 0 Å². The van der Waals surface area contributed by atoms with Gasteiger partial charge in [0.1, 0.15) is 11.2 Å². The molecule has 0 saturated carbocycles. The van der Waals surface area contributed by atoms with Crippen molar-refractivity contribution in [2.24, 2.45) is 0 Å². The van der Waals surface area contributed by atoms with Gasteiger partial charge in [-0.3, -0.25) is 19.1 Å². The molecule has 4 aromatic rings. The highest BCUT2D eigenvalue weighted by Gasteiger charge is 2.12. The summed E-state index contributed by atoms with van der Waals surface area (Å²) in [4.78, 5) is 33.2. The fraction of sp³-hybridized carbons (Fsp3) is 0.150. The van der Waals surface area contributed by atoms with Crippen molar-refractivity contribution >= 4 is 16.9 Å². The molecule has 0 aliphatic carbocycles. The number of aromatic nitrogens is 5. The Balaban J connectivity index is 1.46. The summed E-state index contributed by atoms with van der Waals surface area (Å²) >= 11 is 0. The minimum absolute atomic E-state index is 0.131. The van der Waals surface area contributed by atoms with Crippen LogP contribution in [0.25, 0.3) is 16.7 Å². The van der Waals surface area contributed by atoms with Crippen LogP contribution in [0.4, 0.5) is 4.39 Å². The van der Waals surface area contributed by atoms with E-state index in [0.29, 0.717) is 23.3 Å². The minimum Gasteiger partial charge on any atom is -0.350 e. The number of aryl methyl sites for hydroxylation is 1. The van der Waals surface area contributed by atoms with E-state index >= 15 is 0 Å². The van der Waals surface area contributed by atoms with Gasteiger partial charge in [0, 0.05) is 19.2 Å². The Morgan fingerprint density at radius 1 is 1.10 bits per heavy atom. The van der Waals surface area contributed by atoms with Gasteiger partial charge < -0.3 is 5.32 Å². The van der Waals surface area contributed by atoms with Gasteiger partial charge in [-0.25, -0.2) is 14.1 Å². The third-order valence-corrected chi connectivity index (χ3v) is 4.40. The second-order valence-corrected chi connectivity index (χ2v) is 6.36. The SMILES string of the molecule is O=C(CCn1cnc2c(cnn2-c2ccc(F)cc2)c1=O)NCc1ccccn1. The van der Waals surface area contributed by atoms with Gasteiger partial charge in [0.05, 0.1) is 30.5 Å². The zero-order valence-corrected chi connectivity index (χ0v) is 15.3. The first kappa shape index (κ1) is 18.5.